The molecule has 1 aromatic rings. The van der Waals surface area contributed by atoms with Crippen LogP contribution < -0.4 is 4.90 Å². The lowest BCUT2D eigenvalue weighted by atomic mass is 10.1. The van der Waals surface area contributed by atoms with E-state index in [2.05, 4.69) is 41.1 Å². The first-order valence-electron chi connectivity index (χ1n) is 7.47. The van der Waals surface area contributed by atoms with Crippen LogP contribution in [0.25, 0.3) is 0 Å². The maximum absolute atomic E-state index is 4.92. The zero-order valence-electron chi connectivity index (χ0n) is 11.8. The quantitative estimate of drug-likeness (QED) is 0.808. The normalized spacial score (nSPS) is 22.3. The third-order valence-corrected chi connectivity index (χ3v) is 4.16. The summed E-state index contributed by atoms with van der Waals surface area (Å²) < 4.78 is 0. The van der Waals surface area contributed by atoms with Gasteiger partial charge in [-0.05, 0) is 37.8 Å². The van der Waals surface area contributed by atoms with E-state index in [1.54, 1.807) is 0 Å². The highest BCUT2D eigenvalue weighted by atomic mass is 15.2. The molecule has 1 aromatic carbocycles. The van der Waals surface area contributed by atoms with Crippen molar-refractivity contribution in [2.75, 3.05) is 31.6 Å². The molecule has 0 atom stereocenters. The minimum Gasteiger partial charge on any atom is -0.370 e. The summed E-state index contributed by atoms with van der Waals surface area (Å²) in [4.78, 5) is 9.70. The third-order valence-electron chi connectivity index (χ3n) is 4.16. The topological polar surface area (TPSA) is 18.8 Å². The molecule has 102 valence electrons. The Bertz CT molecular complexity index is 461. The second-order valence-electron chi connectivity index (χ2n) is 5.59. The number of likely N-dealkylation sites (tertiary alicyclic amines) is 1. The van der Waals surface area contributed by atoms with Crippen molar-refractivity contribution in [3.05, 3.63) is 24.3 Å². The molecule has 2 fully saturated rings. The van der Waals surface area contributed by atoms with Gasteiger partial charge >= 0.3 is 0 Å². The van der Waals surface area contributed by atoms with E-state index in [-0.39, 0.29) is 0 Å². The van der Waals surface area contributed by atoms with Crippen molar-refractivity contribution in [3.63, 3.8) is 0 Å². The number of benzene rings is 1. The Labute approximate surface area is 115 Å². The Kier molecular flexibility index (Phi) is 3.72. The van der Waals surface area contributed by atoms with Crippen LogP contribution in [-0.4, -0.2) is 37.4 Å². The molecule has 2 heterocycles. The van der Waals surface area contributed by atoms with Gasteiger partial charge in [-0.1, -0.05) is 12.1 Å². The third kappa shape index (κ3) is 2.75. The van der Waals surface area contributed by atoms with Gasteiger partial charge in [-0.25, -0.2) is 4.99 Å². The first-order chi connectivity index (χ1) is 9.34. The Morgan fingerprint density at radius 2 is 1.74 bits per heavy atom. The van der Waals surface area contributed by atoms with Gasteiger partial charge in [0, 0.05) is 33.1 Å². The lowest BCUT2D eigenvalue weighted by molar-refractivity contribution is 0.550. The summed E-state index contributed by atoms with van der Waals surface area (Å²) in [5.41, 5.74) is 2.46. The monoisotopic (exact) mass is 257 g/mol. The van der Waals surface area contributed by atoms with Crippen LogP contribution in [0.2, 0.25) is 0 Å². The van der Waals surface area contributed by atoms with Crippen molar-refractivity contribution in [3.8, 4) is 0 Å². The maximum Gasteiger partial charge on any atom is 0.105 e. The van der Waals surface area contributed by atoms with Crippen LogP contribution >= 0.6 is 0 Å². The van der Waals surface area contributed by atoms with Gasteiger partial charge in [0.25, 0.3) is 0 Å². The van der Waals surface area contributed by atoms with Crippen molar-refractivity contribution in [1.29, 1.82) is 0 Å². The van der Waals surface area contributed by atoms with E-state index in [1.807, 2.05) is 0 Å². The lowest BCUT2D eigenvalue weighted by Crippen LogP contribution is -2.29. The first kappa shape index (κ1) is 12.5. The van der Waals surface area contributed by atoms with Gasteiger partial charge in [0.2, 0.25) is 0 Å². The van der Waals surface area contributed by atoms with Crippen molar-refractivity contribution < 1.29 is 0 Å². The predicted molar refractivity (Wildman–Crippen MR) is 81.5 cm³/mol. The summed E-state index contributed by atoms with van der Waals surface area (Å²) in [7, 11) is 2.15. The zero-order chi connectivity index (χ0) is 13.1. The summed E-state index contributed by atoms with van der Waals surface area (Å²) in [6, 6.07) is 8.61. The molecule has 0 aliphatic carbocycles. The van der Waals surface area contributed by atoms with Crippen molar-refractivity contribution >= 4 is 17.2 Å². The van der Waals surface area contributed by atoms with Gasteiger partial charge in [0.15, 0.2) is 0 Å². The van der Waals surface area contributed by atoms with E-state index >= 15 is 0 Å². The largest absolute Gasteiger partial charge is 0.370 e. The molecule has 0 saturated carbocycles. The van der Waals surface area contributed by atoms with E-state index in [9.17, 15) is 0 Å². The Morgan fingerprint density at radius 1 is 0.947 bits per heavy atom. The number of amidine groups is 1. The average Bonchev–Trinajstić information content (AvgIpc) is 2.86. The SMILES string of the molecule is CN1CCC/C1=N\c1ccccc1N1CCCCC1. The molecule has 2 aliphatic rings. The molecule has 0 spiro atoms. The van der Waals surface area contributed by atoms with Crippen LogP contribution in [0.3, 0.4) is 0 Å². The summed E-state index contributed by atoms with van der Waals surface area (Å²) in [6.07, 6.45) is 6.34. The van der Waals surface area contributed by atoms with Gasteiger partial charge in [-0.15, -0.1) is 0 Å². The molecule has 19 heavy (non-hydrogen) atoms. The molecular formula is C16H23N3. The van der Waals surface area contributed by atoms with Gasteiger partial charge in [-0.3, -0.25) is 0 Å². The Hall–Kier alpha value is -1.51. The number of para-hydroxylation sites is 2. The van der Waals surface area contributed by atoms with Crippen LogP contribution in [0.5, 0.6) is 0 Å². The zero-order valence-corrected chi connectivity index (χ0v) is 11.8. The van der Waals surface area contributed by atoms with Crippen LogP contribution in [0.4, 0.5) is 11.4 Å². The van der Waals surface area contributed by atoms with Gasteiger partial charge in [0.05, 0.1) is 11.4 Å². The van der Waals surface area contributed by atoms with Crippen LogP contribution in [-0.2, 0) is 0 Å². The number of rotatable bonds is 2. The number of hydrogen-bond acceptors (Lipinski definition) is 2. The highest BCUT2D eigenvalue weighted by Crippen LogP contribution is 2.31. The van der Waals surface area contributed by atoms with Gasteiger partial charge in [-0.2, -0.15) is 0 Å². The standard InChI is InChI=1S/C16H23N3/c1-18-11-7-10-16(18)17-14-8-3-4-9-15(14)19-12-5-2-6-13-19/h3-4,8-9H,2,5-7,10-13H2,1H3/b17-16+. The smallest absolute Gasteiger partial charge is 0.105 e. The fourth-order valence-corrected chi connectivity index (χ4v) is 3.04. The van der Waals surface area contributed by atoms with E-state index < -0.39 is 0 Å². The summed E-state index contributed by atoms with van der Waals surface area (Å²) in [5, 5.41) is 0. The lowest BCUT2D eigenvalue weighted by Gasteiger charge is -2.29. The number of aliphatic imine (C=N–C) groups is 1. The molecule has 3 rings (SSSR count). The molecule has 0 amide bonds. The van der Waals surface area contributed by atoms with Gasteiger partial charge < -0.3 is 9.80 Å². The van der Waals surface area contributed by atoms with Crippen molar-refractivity contribution in [1.82, 2.24) is 4.90 Å². The Balaban J connectivity index is 1.88. The van der Waals surface area contributed by atoms with Crippen molar-refractivity contribution in [2.24, 2.45) is 4.99 Å². The second kappa shape index (κ2) is 5.64. The number of hydrogen-bond donors (Lipinski definition) is 0. The molecule has 3 heteroatoms. The minimum atomic E-state index is 1.12. The molecule has 0 N–H and O–H groups in total. The van der Waals surface area contributed by atoms with Crippen molar-refractivity contribution in [2.45, 2.75) is 32.1 Å². The van der Waals surface area contributed by atoms with E-state index in [0.717, 1.165) is 18.7 Å². The Morgan fingerprint density at radius 3 is 2.47 bits per heavy atom. The molecule has 3 nitrogen and oxygen atoms in total. The summed E-state index contributed by atoms with van der Waals surface area (Å²) in [6.45, 7) is 3.50. The molecule has 0 radical (unpaired) electrons. The highest BCUT2D eigenvalue weighted by Gasteiger charge is 2.17. The molecule has 0 bridgehead atoms. The molecular weight excluding hydrogens is 234 g/mol. The minimum absolute atomic E-state index is 1.12. The van der Waals surface area contributed by atoms with E-state index in [4.69, 9.17) is 4.99 Å². The van der Waals surface area contributed by atoms with Gasteiger partial charge in [0.1, 0.15) is 5.84 Å². The second-order valence-corrected chi connectivity index (χ2v) is 5.59. The fraction of sp³-hybridized carbons (Fsp3) is 0.562. The summed E-state index contributed by atoms with van der Waals surface area (Å²) >= 11 is 0. The number of anilines is 1. The van der Waals surface area contributed by atoms with Crippen LogP contribution in [0.1, 0.15) is 32.1 Å². The van der Waals surface area contributed by atoms with E-state index in [1.165, 1.54) is 50.3 Å². The molecule has 0 unspecified atom stereocenters. The highest BCUT2D eigenvalue weighted by molar-refractivity contribution is 5.88. The molecule has 0 aromatic heterocycles. The number of piperidine rings is 1. The maximum atomic E-state index is 4.92. The van der Waals surface area contributed by atoms with E-state index in [0.29, 0.717) is 0 Å². The first-order valence-corrected chi connectivity index (χ1v) is 7.47. The molecule has 2 aliphatic heterocycles. The molecule has 2 saturated heterocycles. The fourth-order valence-electron chi connectivity index (χ4n) is 3.04. The van der Waals surface area contributed by atoms with Crippen LogP contribution in [0.15, 0.2) is 29.3 Å². The number of nitrogens with zero attached hydrogens (tertiary/aromatic N) is 3. The predicted octanol–water partition coefficient (Wildman–Crippen LogP) is 3.43. The average molecular weight is 257 g/mol. The summed E-state index contributed by atoms with van der Waals surface area (Å²) in [5.74, 6) is 1.24. The van der Waals surface area contributed by atoms with Crippen LogP contribution in [0, 0.1) is 0 Å².